The molecule has 0 amide bonds. The molecule has 1 N–H and O–H groups in total. The first-order chi connectivity index (χ1) is 12.0. The maximum atomic E-state index is 12.1. The van der Waals surface area contributed by atoms with Gasteiger partial charge in [-0.05, 0) is 36.4 Å². The molecule has 0 fully saturated rings. The van der Waals surface area contributed by atoms with Crippen molar-refractivity contribution in [1.29, 1.82) is 0 Å². The first-order valence-corrected chi connectivity index (χ1v) is 10.2. The molecule has 0 unspecified atom stereocenters. The fourth-order valence-electron chi connectivity index (χ4n) is 1.97. The summed E-state index contributed by atoms with van der Waals surface area (Å²) in [6, 6.07) is 15.3. The Hall–Kier alpha value is -1.87. The van der Waals surface area contributed by atoms with E-state index in [2.05, 4.69) is 14.9 Å². The number of sulfonamides is 1. The Balaban J connectivity index is 1.52. The summed E-state index contributed by atoms with van der Waals surface area (Å²) in [5.41, 5.74) is 0.772. The zero-order chi connectivity index (χ0) is 17.7. The summed E-state index contributed by atoms with van der Waals surface area (Å²) in [5, 5.41) is 8.92. The van der Waals surface area contributed by atoms with Crippen LogP contribution in [0.15, 0.2) is 69.1 Å². The fourth-order valence-corrected chi connectivity index (χ4v) is 3.90. The van der Waals surface area contributed by atoms with Crippen LogP contribution in [0.25, 0.3) is 11.5 Å². The minimum Gasteiger partial charge on any atom is -0.411 e. The van der Waals surface area contributed by atoms with Gasteiger partial charge in [-0.25, -0.2) is 13.1 Å². The Kier molecular flexibility index (Phi) is 5.74. The van der Waals surface area contributed by atoms with Gasteiger partial charge >= 0.3 is 0 Å². The van der Waals surface area contributed by atoms with Gasteiger partial charge in [-0.1, -0.05) is 41.6 Å². The van der Waals surface area contributed by atoms with Gasteiger partial charge in [0.05, 0.1) is 4.90 Å². The van der Waals surface area contributed by atoms with E-state index in [1.807, 2.05) is 0 Å². The Morgan fingerprint density at radius 1 is 1.04 bits per heavy atom. The van der Waals surface area contributed by atoms with Crippen molar-refractivity contribution < 1.29 is 12.8 Å². The van der Waals surface area contributed by atoms with Crippen LogP contribution in [0.4, 0.5) is 0 Å². The number of halogens is 1. The maximum Gasteiger partial charge on any atom is 0.276 e. The van der Waals surface area contributed by atoms with Crippen LogP contribution in [0.2, 0.25) is 5.02 Å². The predicted molar refractivity (Wildman–Crippen MR) is 97.1 cm³/mol. The summed E-state index contributed by atoms with van der Waals surface area (Å²) in [6.07, 6.45) is 0. The number of hydrogen-bond acceptors (Lipinski definition) is 6. The summed E-state index contributed by atoms with van der Waals surface area (Å²) in [4.78, 5) is 0.239. The molecular formula is C16H14ClN3O3S2. The summed E-state index contributed by atoms with van der Waals surface area (Å²) >= 11 is 7.12. The third-order valence-electron chi connectivity index (χ3n) is 3.17. The largest absolute Gasteiger partial charge is 0.411 e. The molecule has 0 bridgehead atoms. The molecule has 0 saturated carbocycles. The molecule has 9 heteroatoms. The summed E-state index contributed by atoms with van der Waals surface area (Å²) in [5.74, 6) is 0.859. The standard InChI is InChI=1S/C16H14ClN3O3S2/c17-13-8-6-12(7-9-13)15-19-20-16(23-15)24-11-10-18-25(21,22)14-4-2-1-3-5-14/h1-9,18H,10-11H2. The van der Waals surface area contributed by atoms with Gasteiger partial charge in [-0.2, -0.15) is 0 Å². The van der Waals surface area contributed by atoms with E-state index in [0.717, 1.165) is 5.56 Å². The summed E-state index contributed by atoms with van der Waals surface area (Å²) < 4.78 is 32.2. The van der Waals surface area contributed by atoms with E-state index in [-0.39, 0.29) is 11.4 Å². The van der Waals surface area contributed by atoms with Gasteiger partial charge in [-0.15, -0.1) is 10.2 Å². The van der Waals surface area contributed by atoms with Crippen LogP contribution in [0.5, 0.6) is 0 Å². The van der Waals surface area contributed by atoms with E-state index in [4.69, 9.17) is 16.0 Å². The van der Waals surface area contributed by atoms with Crippen LogP contribution in [-0.4, -0.2) is 30.9 Å². The Labute approximate surface area is 154 Å². The number of thioether (sulfide) groups is 1. The van der Waals surface area contributed by atoms with E-state index in [9.17, 15) is 8.42 Å². The lowest BCUT2D eigenvalue weighted by Gasteiger charge is -2.05. The number of rotatable bonds is 7. The van der Waals surface area contributed by atoms with Crippen LogP contribution >= 0.6 is 23.4 Å². The van der Waals surface area contributed by atoms with Crippen molar-refractivity contribution in [2.45, 2.75) is 10.1 Å². The van der Waals surface area contributed by atoms with E-state index >= 15 is 0 Å². The van der Waals surface area contributed by atoms with Gasteiger partial charge < -0.3 is 4.42 Å². The quantitative estimate of drug-likeness (QED) is 0.487. The second-order valence-electron chi connectivity index (χ2n) is 4.94. The predicted octanol–water partition coefficient (Wildman–Crippen LogP) is 3.46. The average Bonchev–Trinajstić information content (AvgIpc) is 3.09. The van der Waals surface area contributed by atoms with Crippen molar-refractivity contribution in [3.8, 4) is 11.5 Å². The van der Waals surface area contributed by atoms with Crippen LogP contribution in [0, 0.1) is 0 Å². The van der Waals surface area contributed by atoms with Crippen molar-refractivity contribution in [3.05, 3.63) is 59.6 Å². The van der Waals surface area contributed by atoms with Crippen molar-refractivity contribution in [3.63, 3.8) is 0 Å². The van der Waals surface area contributed by atoms with Crippen LogP contribution < -0.4 is 4.72 Å². The molecule has 0 saturated heterocycles. The van der Waals surface area contributed by atoms with E-state index in [1.54, 1.807) is 54.6 Å². The third kappa shape index (κ3) is 4.82. The number of hydrogen-bond donors (Lipinski definition) is 1. The number of benzene rings is 2. The highest BCUT2D eigenvalue weighted by atomic mass is 35.5. The van der Waals surface area contributed by atoms with Crippen molar-refractivity contribution >= 4 is 33.4 Å². The Morgan fingerprint density at radius 2 is 1.76 bits per heavy atom. The van der Waals surface area contributed by atoms with Gasteiger partial charge in [0.25, 0.3) is 5.22 Å². The zero-order valence-corrected chi connectivity index (χ0v) is 15.3. The molecule has 0 aliphatic heterocycles. The van der Waals surface area contributed by atoms with Crippen LogP contribution in [0.1, 0.15) is 0 Å². The number of nitrogens with zero attached hydrogens (tertiary/aromatic N) is 2. The molecular weight excluding hydrogens is 382 g/mol. The molecule has 1 heterocycles. The molecule has 3 aromatic rings. The van der Waals surface area contributed by atoms with Crippen molar-refractivity contribution in [1.82, 2.24) is 14.9 Å². The first kappa shape index (κ1) is 17.9. The zero-order valence-electron chi connectivity index (χ0n) is 12.9. The monoisotopic (exact) mass is 395 g/mol. The Bertz CT molecular complexity index is 929. The third-order valence-corrected chi connectivity index (χ3v) is 5.72. The first-order valence-electron chi connectivity index (χ1n) is 7.31. The van der Waals surface area contributed by atoms with Crippen molar-refractivity contribution in [2.75, 3.05) is 12.3 Å². The normalized spacial score (nSPS) is 11.6. The SMILES string of the molecule is O=S(=O)(NCCSc1nnc(-c2ccc(Cl)cc2)o1)c1ccccc1. The molecule has 0 radical (unpaired) electrons. The molecule has 1 aromatic heterocycles. The highest BCUT2D eigenvalue weighted by Gasteiger charge is 2.13. The fraction of sp³-hybridized carbons (Fsp3) is 0.125. The molecule has 0 atom stereocenters. The Morgan fingerprint density at radius 3 is 2.48 bits per heavy atom. The molecule has 0 aliphatic carbocycles. The highest BCUT2D eigenvalue weighted by Crippen LogP contribution is 2.24. The lowest BCUT2D eigenvalue weighted by molar-refractivity contribution is 0.466. The second kappa shape index (κ2) is 8.01. The van der Waals surface area contributed by atoms with E-state index in [0.29, 0.717) is 21.9 Å². The molecule has 0 aliphatic rings. The molecule has 25 heavy (non-hydrogen) atoms. The summed E-state index contributed by atoms with van der Waals surface area (Å²) in [6.45, 7) is 0.251. The van der Waals surface area contributed by atoms with E-state index < -0.39 is 10.0 Å². The molecule has 6 nitrogen and oxygen atoms in total. The summed E-state index contributed by atoms with van der Waals surface area (Å²) in [7, 11) is -3.50. The average molecular weight is 396 g/mol. The van der Waals surface area contributed by atoms with Crippen LogP contribution in [0.3, 0.4) is 0 Å². The lowest BCUT2D eigenvalue weighted by Crippen LogP contribution is -2.25. The topological polar surface area (TPSA) is 85.1 Å². The van der Waals surface area contributed by atoms with Crippen LogP contribution in [-0.2, 0) is 10.0 Å². The minimum absolute atomic E-state index is 0.239. The minimum atomic E-state index is -3.50. The van der Waals surface area contributed by atoms with Gasteiger partial charge in [-0.3, -0.25) is 0 Å². The van der Waals surface area contributed by atoms with Gasteiger partial charge in [0.2, 0.25) is 15.9 Å². The highest BCUT2D eigenvalue weighted by molar-refractivity contribution is 7.99. The van der Waals surface area contributed by atoms with Gasteiger partial charge in [0, 0.05) is 22.9 Å². The van der Waals surface area contributed by atoms with Gasteiger partial charge in [0.15, 0.2) is 0 Å². The lowest BCUT2D eigenvalue weighted by atomic mass is 10.2. The van der Waals surface area contributed by atoms with Crippen molar-refractivity contribution in [2.24, 2.45) is 0 Å². The second-order valence-corrected chi connectivity index (χ2v) is 8.19. The smallest absolute Gasteiger partial charge is 0.276 e. The molecule has 3 rings (SSSR count). The maximum absolute atomic E-state index is 12.1. The molecule has 2 aromatic carbocycles. The molecule has 0 spiro atoms. The molecule has 130 valence electrons. The van der Waals surface area contributed by atoms with E-state index in [1.165, 1.54) is 11.8 Å². The van der Waals surface area contributed by atoms with Gasteiger partial charge in [0.1, 0.15) is 0 Å². The number of aromatic nitrogens is 2. The number of nitrogens with one attached hydrogen (secondary N) is 1.